The molecule has 1 fully saturated rings. The Morgan fingerprint density at radius 3 is 2.10 bits per heavy atom. The van der Waals surface area contributed by atoms with Gasteiger partial charge < -0.3 is 9.64 Å². The van der Waals surface area contributed by atoms with E-state index in [1.165, 1.54) is 0 Å². The van der Waals surface area contributed by atoms with E-state index in [1.807, 2.05) is 67.7 Å². The predicted octanol–water partition coefficient (Wildman–Crippen LogP) is 2.74. The maximum Gasteiger partial charge on any atom is 0.262 e. The van der Waals surface area contributed by atoms with E-state index >= 15 is 0 Å². The number of hydrogen-bond donors (Lipinski definition) is 0. The fourth-order valence-corrected chi connectivity index (χ4v) is 3.08. The Morgan fingerprint density at radius 1 is 1.00 bits per heavy atom. The fraction of sp³-hybridized carbons (Fsp3) is 0.235. The van der Waals surface area contributed by atoms with Gasteiger partial charge in [0.2, 0.25) is 0 Å². The quantitative estimate of drug-likeness (QED) is 0.800. The molecule has 1 amide bonds. The van der Waals surface area contributed by atoms with Gasteiger partial charge in [0.05, 0.1) is 6.04 Å². The highest BCUT2D eigenvalue weighted by molar-refractivity contribution is 5.94. The average molecular weight is 267 g/mol. The molecule has 1 saturated heterocycles. The number of likely N-dealkylation sites (tertiary alicyclic amines) is 1. The Morgan fingerprint density at radius 2 is 1.55 bits per heavy atom. The van der Waals surface area contributed by atoms with Crippen LogP contribution in [0.2, 0.25) is 0 Å². The van der Waals surface area contributed by atoms with E-state index in [0.717, 1.165) is 11.1 Å². The maximum atomic E-state index is 12.5. The molecule has 0 aliphatic carbocycles. The number of β-lactam (4-membered cyclic amide) rings is 1. The van der Waals surface area contributed by atoms with Crippen LogP contribution in [0.1, 0.15) is 17.2 Å². The van der Waals surface area contributed by atoms with Crippen LogP contribution in [0.15, 0.2) is 60.7 Å². The highest BCUT2D eigenvalue weighted by Gasteiger charge is 2.61. The molecule has 2 aromatic rings. The second-order valence-electron chi connectivity index (χ2n) is 5.04. The molecular weight excluding hydrogens is 250 g/mol. The van der Waals surface area contributed by atoms with Crippen molar-refractivity contribution in [3.05, 3.63) is 71.8 Å². The predicted molar refractivity (Wildman–Crippen MR) is 77.1 cm³/mol. The Hall–Kier alpha value is -2.13. The lowest BCUT2D eigenvalue weighted by atomic mass is 9.73. The first-order valence-electron chi connectivity index (χ1n) is 6.64. The van der Waals surface area contributed by atoms with Gasteiger partial charge in [0.15, 0.2) is 5.60 Å². The molecule has 2 aromatic carbocycles. The molecule has 0 radical (unpaired) electrons. The summed E-state index contributed by atoms with van der Waals surface area (Å²) in [4.78, 5) is 14.2. The van der Waals surface area contributed by atoms with Crippen molar-refractivity contribution in [3.63, 3.8) is 0 Å². The van der Waals surface area contributed by atoms with Crippen LogP contribution in [0.4, 0.5) is 0 Å². The van der Waals surface area contributed by atoms with Crippen molar-refractivity contribution < 1.29 is 9.53 Å². The van der Waals surface area contributed by atoms with Crippen LogP contribution >= 0.6 is 0 Å². The van der Waals surface area contributed by atoms with Gasteiger partial charge in [0.25, 0.3) is 5.91 Å². The van der Waals surface area contributed by atoms with Crippen molar-refractivity contribution in [2.75, 3.05) is 14.2 Å². The van der Waals surface area contributed by atoms with Gasteiger partial charge in [0, 0.05) is 14.2 Å². The van der Waals surface area contributed by atoms with E-state index in [-0.39, 0.29) is 11.9 Å². The van der Waals surface area contributed by atoms with Crippen molar-refractivity contribution >= 4 is 5.91 Å². The van der Waals surface area contributed by atoms with E-state index < -0.39 is 5.60 Å². The first-order chi connectivity index (χ1) is 9.71. The second kappa shape index (κ2) is 4.76. The van der Waals surface area contributed by atoms with Crippen molar-refractivity contribution in [3.8, 4) is 0 Å². The largest absolute Gasteiger partial charge is 0.361 e. The third kappa shape index (κ3) is 1.60. The van der Waals surface area contributed by atoms with Gasteiger partial charge in [-0.05, 0) is 11.1 Å². The van der Waals surface area contributed by atoms with Crippen LogP contribution in [-0.4, -0.2) is 25.0 Å². The van der Waals surface area contributed by atoms with Crippen molar-refractivity contribution in [2.45, 2.75) is 11.6 Å². The molecule has 1 aliphatic heterocycles. The smallest absolute Gasteiger partial charge is 0.262 e. The van der Waals surface area contributed by atoms with Gasteiger partial charge in [-0.2, -0.15) is 0 Å². The lowest BCUT2D eigenvalue weighted by Crippen LogP contribution is -2.65. The Bertz CT molecular complexity index is 611. The topological polar surface area (TPSA) is 29.5 Å². The summed E-state index contributed by atoms with van der Waals surface area (Å²) in [7, 11) is 3.42. The minimum absolute atomic E-state index is 0.0000491. The van der Waals surface area contributed by atoms with E-state index in [1.54, 1.807) is 12.0 Å². The van der Waals surface area contributed by atoms with Crippen LogP contribution in [0.25, 0.3) is 0 Å². The number of benzene rings is 2. The molecule has 1 heterocycles. The first-order valence-corrected chi connectivity index (χ1v) is 6.64. The number of nitrogens with zero attached hydrogens (tertiary/aromatic N) is 1. The lowest BCUT2D eigenvalue weighted by Gasteiger charge is -2.53. The molecular formula is C17H17NO2. The summed E-state index contributed by atoms with van der Waals surface area (Å²) in [6.45, 7) is 0. The number of methoxy groups -OCH3 is 1. The molecule has 3 rings (SSSR count). The summed E-state index contributed by atoms with van der Waals surface area (Å²) in [6, 6.07) is 19.6. The summed E-state index contributed by atoms with van der Waals surface area (Å²) in [5.41, 5.74) is 1.08. The minimum atomic E-state index is -0.905. The van der Waals surface area contributed by atoms with Gasteiger partial charge in [0.1, 0.15) is 0 Å². The molecule has 0 N–H and O–H groups in total. The molecule has 1 aliphatic rings. The number of amides is 1. The van der Waals surface area contributed by atoms with E-state index in [2.05, 4.69) is 0 Å². The summed E-state index contributed by atoms with van der Waals surface area (Å²) in [5, 5.41) is 0. The lowest BCUT2D eigenvalue weighted by molar-refractivity contribution is -0.199. The third-order valence-corrected chi connectivity index (χ3v) is 4.05. The number of carbonyl (C=O) groups is 1. The zero-order chi connectivity index (χ0) is 14.2. The summed E-state index contributed by atoms with van der Waals surface area (Å²) in [6.07, 6.45) is 0. The van der Waals surface area contributed by atoms with Crippen molar-refractivity contribution in [2.24, 2.45) is 0 Å². The molecule has 0 aromatic heterocycles. The molecule has 102 valence electrons. The second-order valence-corrected chi connectivity index (χ2v) is 5.04. The first kappa shape index (κ1) is 12.9. The third-order valence-electron chi connectivity index (χ3n) is 4.05. The van der Waals surface area contributed by atoms with Crippen LogP contribution in [0.5, 0.6) is 0 Å². The van der Waals surface area contributed by atoms with Crippen LogP contribution in [0, 0.1) is 0 Å². The van der Waals surface area contributed by atoms with Crippen LogP contribution in [0.3, 0.4) is 0 Å². The van der Waals surface area contributed by atoms with Gasteiger partial charge in [-0.3, -0.25) is 4.79 Å². The maximum absolute atomic E-state index is 12.5. The van der Waals surface area contributed by atoms with Gasteiger partial charge in [-0.1, -0.05) is 60.7 Å². The Labute approximate surface area is 118 Å². The summed E-state index contributed by atoms with van der Waals surface area (Å²) < 4.78 is 5.72. The van der Waals surface area contributed by atoms with Crippen LogP contribution in [-0.2, 0) is 15.1 Å². The van der Waals surface area contributed by atoms with E-state index in [9.17, 15) is 4.79 Å². The normalized spacial score (nSPS) is 25.4. The minimum Gasteiger partial charge on any atom is -0.361 e. The standard InChI is InChI=1S/C17H17NO2/c1-18-15(13-9-5-3-6-10-13)17(20-2,16(18)19)14-11-7-4-8-12-14/h3-12,15H,1-2H3/t15-,17+/m0/s1. The number of likely N-dealkylation sites (N-methyl/N-ethyl adjacent to an activating group) is 1. The SMILES string of the molecule is CO[C@@]1(c2ccccc2)C(=O)N(C)[C@H]1c1ccccc1. The van der Waals surface area contributed by atoms with Crippen LogP contribution < -0.4 is 0 Å². The zero-order valence-electron chi connectivity index (χ0n) is 11.6. The molecule has 0 saturated carbocycles. The van der Waals surface area contributed by atoms with Gasteiger partial charge in [-0.25, -0.2) is 0 Å². The number of hydrogen-bond acceptors (Lipinski definition) is 2. The summed E-state index contributed by atoms with van der Waals surface area (Å²) in [5.74, 6) is 0.0000491. The molecule has 0 bridgehead atoms. The average Bonchev–Trinajstić information content (AvgIpc) is 2.53. The number of rotatable bonds is 3. The van der Waals surface area contributed by atoms with Crippen molar-refractivity contribution in [1.82, 2.24) is 4.90 Å². The molecule has 3 heteroatoms. The highest BCUT2D eigenvalue weighted by atomic mass is 16.5. The monoisotopic (exact) mass is 267 g/mol. The highest BCUT2D eigenvalue weighted by Crippen LogP contribution is 2.51. The molecule has 2 atom stereocenters. The summed E-state index contributed by atoms with van der Waals surface area (Å²) >= 11 is 0. The van der Waals surface area contributed by atoms with E-state index in [0.29, 0.717) is 0 Å². The van der Waals surface area contributed by atoms with E-state index in [4.69, 9.17) is 4.74 Å². The fourth-order valence-electron chi connectivity index (χ4n) is 3.08. The molecule has 20 heavy (non-hydrogen) atoms. The molecule has 3 nitrogen and oxygen atoms in total. The van der Waals surface area contributed by atoms with Gasteiger partial charge in [-0.15, -0.1) is 0 Å². The molecule has 0 spiro atoms. The Kier molecular flexibility index (Phi) is 3.07. The Balaban J connectivity index is 2.11. The molecule has 0 unspecified atom stereocenters. The van der Waals surface area contributed by atoms with Crippen molar-refractivity contribution in [1.29, 1.82) is 0 Å². The number of carbonyl (C=O) groups excluding carboxylic acids is 1. The zero-order valence-corrected chi connectivity index (χ0v) is 11.6. The van der Waals surface area contributed by atoms with Gasteiger partial charge >= 0.3 is 0 Å². The number of ether oxygens (including phenoxy) is 1.